The summed E-state index contributed by atoms with van der Waals surface area (Å²) in [5.41, 5.74) is 1.28. The maximum absolute atomic E-state index is 13.2. The molecular formula is C18H21N3O3S. The van der Waals surface area contributed by atoms with Crippen molar-refractivity contribution in [2.75, 3.05) is 13.1 Å². The molecule has 1 aromatic carbocycles. The third-order valence-electron chi connectivity index (χ3n) is 3.99. The van der Waals surface area contributed by atoms with Gasteiger partial charge in [-0.25, -0.2) is 13.4 Å². The van der Waals surface area contributed by atoms with E-state index in [0.29, 0.717) is 30.2 Å². The second-order valence-electron chi connectivity index (χ2n) is 5.91. The van der Waals surface area contributed by atoms with Crippen molar-refractivity contribution >= 4 is 27.0 Å². The van der Waals surface area contributed by atoms with E-state index in [4.69, 9.17) is 0 Å². The standard InChI is InChI=1S/C18H21N3O3S/c1-3-9-19-13-11-14(22)17(20-10-4-2)18-16(13)21-12-7-5-6-8-15(12)25(18,23)24/h5-8,11,19-20H,3-4,9-10H2,1-2H3. The Labute approximate surface area is 147 Å². The van der Waals surface area contributed by atoms with Crippen molar-refractivity contribution in [3.8, 4) is 0 Å². The van der Waals surface area contributed by atoms with E-state index < -0.39 is 9.84 Å². The minimum Gasteiger partial charge on any atom is -0.383 e. The number of carbonyl (C=O) groups is 1. The Kier molecular flexibility index (Phi) is 4.76. The number of nitrogens with one attached hydrogen (secondary N) is 2. The number of aliphatic imine (C=N–C) groups is 1. The third kappa shape index (κ3) is 3.00. The van der Waals surface area contributed by atoms with Gasteiger partial charge in [-0.15, -0.1) is 0 Å². The van der Waals surface area contributed by atoms with Crippen LogP contribution < -0.4 is 10.6 Å². The van der Waals surface area contributed by atoms with Crippen LogP contribution in [0, 0.1) is 0 Å². The summed E-state index contributed by atoms with van der Waals surface area (Å²) in [6, 6.07) is 6.61. The van der Waals surface area contributed by atoms with Gasteiger partial charge in [0.15, 0.2) is 0 Å². The molecule has 1 aliphatic carbocycles. The number of hydrogen-bond donors (Lipinski definition) is 2. The van der Waals surface area contributed by atoms with Crippen LogP contribution in [0.5, 0.6) is 0 Å². The fraction of sp³-hybridized carbons (Fsp3) is 0.333. The normalized spacial score (nSPS) is 18.1. The first-order valence-electron chi connectivity index (χ1n) is 8.42. The largest absolute Gasteiger partial charge is 0.383 e. The van der Waals surface area contributed by atoms with Crippen LogP contribution in [0.15, 0.2) is 56.5 Å². The lowest BCUT2D eigenvalue weighted by Crippen LogP contribution is -2.37. The highest BCUT2D eigenvalue weighted by molar-refractivity contribution is 7.96. The molecule has 0 spiro atoms. The summed E-state index contributed by atoms with van der Waals surface area (Å²) >= 11 is 0. The number of nitrogens with zero attached hydrogens (tertiary/aromatic N) is 1. The van der Waals surface area contributed by atoms with Gasteiger partial charge in [0.2, 0.25) is 15.6 Å². The smallest absolute Gasteiger partial charge is 0.213 e. The summed E-state index contributed by atoms with van der Waals surface area (Å²) < 4.78 is 26.4. The number of sulfone groups is 1. The minimum atomic E-state index is -3.83. The number of allylic oxidation sites excluding steroid dienone is 2. The number of ketones is 1. The Balaban J connectivity index is 2.23. The average molecular weight is 359 g/mol. The number of fused-ring (bicyclic) bond motifs is 2. The molecule has 7 heteroatoms. The van der Waals surface area contributed by atoms with Crippen molar-refractivity contribution < 1.29 is 13.2 Å². The van der Waals surface area contributed by atoms with Gasteiger partial charge < -0.3 is 10.6 Å². The van der Waals surface area contributed by atoms with Crippen LogP contribution in [0.1, 0.15) is 26.7 Å². The van der Waals surface area contributed by atoms with Gasteiger partial charge in [-0.1, -0.05) is 26.0 Å². The van der Waals surface area contributed by atoms with Crippen LogP contribution in [-0.2, 0) is 14.6 Å². The highest BCUT2D eigenvalue weighted by Gasteiger charge is 2.40. The van der Waals surface area contributed by atoms with Gasteiger partial charge in [0.25, 0.3) is 0 Å². The molecule has 0 aromatic heterocycles. The molecule has 25 heavy (non-hydrogen) atoms. The molecule has 6 nitrogen and oxygen atoms in total. The second-order valence-corrected chi connectivity index (χ2v) is 7.77. The summed E-state index contributed by atoms with van der Waals surface area (Å²) in [6.07, 6.45) is 3.05. The number of hydrogen-bond acceptors (Lipinski definition) is 6. The van der Waals surface area contributed by atoms with E-state index >= 15 is 0 Å². The van der Waals surface area contributed by atoms with Crippen molar-refractivity contribution in [3.05, 3.63) is 46.6 Å². The molecule has 1 aliphatic heterocycles. The fourth-order valence-corrected chi connectivity index (χ4v) is 4.53. The lowest BCUT2D eigenvalue weighted by Gasteiger charge is -2.27. The van der Waals surface area contributed by atoms with Gasteiger partial charge >= 0.3 is 0 Å². The number of carbonyl (C=O) groups excluding carboxylic acids is 1. The van der Waals surface area contributed by atoms with E-state index in [1.165, 1.54) is 12.1 Å². The van der Waals surface area contributed by atoms with Crippen LogP contribution in [-0.4, -0.2) is 33.0 Å². The first-order valence-corrected chi connectivity index (χ1v) is 9.90. The number of rotatable bonds is 6. The van der Waals surface area contributed by atoms with Crippen LogP contribution in [0.2, 0.25) is 0 Å². The monoisotopic (exact) mass is 359 g/mol. The van der Waals surface area contributed by atoms with E-state index in [1.54, 1.807) is 18.2 Å². The molecule has 0 unspecified atom stereocenters. The van der Waals surface area contributed by atoms with Crippen molar-refractivity contribution in [2.24, 2.45) is 4.99 Å². The average Bonchev–Trinajstić information content (AvgIpc) is 2.59. The zero-order chi connectivity index (χ0) is 18.0. The SMILES string of the molecule is CCCNC1=CC(=O)C(NCCC)=C2C1=Nc1ccccc1S2(=O)=O. The van der Waals surface area contributed by atoms with E-state index in [9.17, 15) is 13.2 Å². The molecule has 0 atom stereocenters. The highest BCUT2D eigenvalue weighted by atomic mass is 32.2. The zero-order valence-electron chi connectivity index (χ0n) is 14.3. The molecule has 1 heterocycles. The zero-order valence-corrected chi connectivity index (χ0v) is 15.1. The molecule has 0 fully saturated rings. The maximum Gasteiger partial charge on any atom is 0.213 e. The first kappa shape index (κ1) is 17.4. The Morgan fingerprint density at radius 2 is 1.72 bits per heavy atom. The Bertz CT molecular complexity index is 911. The van der Waals surface area contributed by atoms with Crippen molar-refractivity contribution in [1.82, 2.24) is 10.6 Å². The Morgan fingerprint density at radius 3 is 2.44 bits per heavy atom. The molecule has 1 aromatic rings. The number of benzene rings is 1. The van der Waals surface area contributed by atoms with E-state index in [0.717, 1.165) is 12.8 Å². The van der Waals surface area contributed by atoms with Crippen molar-refractivity contribution in [3.63, 3.8) is 0 Å². The van der Waals surface area contributed by atoms with E-state index in [2.05, 4.69) is 15.6 Å². The maximum atomic E-state index is 13.2. The van der Waals surface area contributed by atoms with Crippen molar-refractivity contribution in [2.45, 2.75) is 31.6 Å². The Morgan fingerprint density at radius 1 is 1.04 bits per heavy atom. The molecule has 2 N–H and O–H groups in total. The molecule has 2 aliphatic rings. The fourth-order valence-electron chi connectivity index (χ4n) is 2.82. The molecule has 0 radical (unpaired) electrons. The summed E-state index contributed by atoms with van der Waals surface area (Å²) in [5.74, 6) is -0.344. The van der Waals surface area contributed by atoms with E-state index in [-0.39, 0.29) is 21.3 Å². The second kappa shape index (κ2) is 6.84. The van der Waals surface area contributed by atoms with E-state index in [1.807, 2.05) is 13.8 Å². The topological polar surface area (TPSA) is 87.6 Å². The highest BCUT2D eigenvalue weighted by Crippen LogP contribution is 2.38. The molecule has 0 amide bonds. The molecule has 0 saturated carbocycles. The molecule has 132 valence electrons. The lowest BCUT2D eigenvalue weighted by molar-refractivity contribution is -0.111. The predicted octanol–water partition coefficient (Wildman–Crippen LogP) is 2.22. The third-order valence-corrected chi connectivity index (χ3v) is 5.85. The van der Waals surface area contributed by atoms with Crippen molar-refractivity contribution in [1.29, 1.82) is 0 Å². The quantitative estimate of drug-likeness (QED) is 0.761. The van der Waals surface area contributed by atoms with Crippen LogP contribution in [0.25, 0.3) is 0 Å². The summed E-state index contributed by atoms with van der Waals surface area (Å²) in [4.78, 5) is 17.2. The lowest BCUT2D eigenvalue weighted by atomic mass is 10.0. The van der Waals surface area contributed by atoms with Gasteiger partial charge in [-0.2, -0.15) is 0 Å². The molecule has 0 bridgehead atoms. The Hall–Kier alpha value is -2.41. The first-order chi connectivity index (χ1) is 12.0. The van der Waals surface area contributed by atoms with Gasteiger partial charge in [-0.3, -0.25) is 4.79 Å². The van der Waals surface area contributed by atoms with Gasteiger partial charge in [0, 0.05) is 19.2 Å². The summed E-state index contributed by atoms with van der Waals surface area (Å²) in [7, 11) is -3.83. The van der Waals surface area contributed by atoms with Crippen LogP contribution in [0.4, 0.5) is 5.69 Å². The molecule has 3 rings (SSSR count). The van der Waals surface area contributed by atoms with Gasteiger partial charge in [0.1, 0.15) is 16.3 Å². The van der Waals surface area contributed by atoms with Gasteiger partial charge in [0.05, 0.1) is 16.3 Å². The van der Waals surface area contributed by atoms with Crippen LogP contribution in [0.3, 0.4) is 0 Å². The molecular weight excluding hydrogens is 338 g/mol. The summed E-state index contributed by atoms with van der Waals surface area (Å²) in [5, 5.41) is 6.11. The predicted molar refractivity (Wildman–Crippen MR) is 97.4 cm³/mol. The van der Waals surface area contributed by atoms with Crippen LogP contribution >= 0.6 is 0 Å². The minimum absolute atomic E-state index is 0.0225. The van der Waals surface area contributed by atoms with Gasteiger partial charge in [-0.05, 0) is 25.0 Å². The molecule has 0 saturated heterocycles. The summed E-state index contributed by atoms with van der Waals surface area (Å²) in [6.45, 7) is 5.10. The number of para-hydroxylation sites is 1.